The molecule has 0 aliphatic heterocycles. The summed E-state index contributed by atoms with van der Waals surface area (Å²) in [5.41, 5.74) is 0. The number of rotatable bonds is 4. The van der Waals surface area contributed by atoms with Crippen LogP contribution in [0.5, 0.6) is 0 Å². The van der Waals surface area contributed by atoms with Crippen LogP contribution in [0.3, 0.4) is 0 Å². The van der Waals surface area contributed by atoms with E-state index in [1.54, 1.807) is 5.20 Å². The standard InChI is InChI=1S/C18H22Si/c1-4-16(3)19(5-2,17-12-8-6-9-13-17)18-14-10-7-11-15-18/h4,6-15H,5H2,1-3H3. The summed E-state index contributed by atoms with van der Waals surface area (Å²) in [7, 11) is -1.76. The van der Waals surface area contributed by atoms with E-state index in [2.05, 4.69) is 87.5 Å². The Bertz CT molecular complexity index is 501. The monoisotopic (exact) mass is 266 g/mol. The largest absolute Gasteiger partial charge is 0.143 e. The van der Waals surface area contributed by atoms with Gasteiger partial charge in [-0.2, -0.15) is 0 Å². The van der Waals surface area contributed by atoms with Gasteiger partial charge in [0, 0.05) is 0 Å². The molecule has 0 atom stereocenters. The molecule has 0 aromatic heterocycles. The molecule has 2 rings (SSSR count). The molecule has 0 radical (unpaired) electrons. The molecule has 1 heteroatoms. The fraction of sp³-hybridized carbons (Fsp3) is 0.222. The van der Waals surface area contributed by atoms with Crippen molar-refractivity contribution in [3.63, 3.8) is 0 Å². The van der Waals surface area contributed by atoms with E-state index in [9.17, 15) is 0 Å². The highest BCUT2D eigenvalue weighted by Crippen LogP contribution is 2.20. The topological polar surface area (TPSA) is 0 Å². The Labute approximate surface area is 117 Å². The Balaban J connectivity index is 2.69. The van der Waals surface area contributed by atoms with Gasteiger partial charge in [-0.1, -0.05) is 78.9 Å². The van der Waals surface area contributed by atoms with Crippen LogP contribution >= 0.6 is 0 Å². The van der Waals surface area contributed by atoms with Crippen molar-refractivity contribution in [1.82, 2.24) is 0 Å². The molecule has 0 unspecified atom stereocenters. The predicted octanol–water partition coefficient (Wildman–Crippen LogP) is 3.77. The fourth-order valence-electron chi connectivity index (χ4n) is 3.00. The van der Waals surface area contributed by atoms with Crippen molar-refractivity contribution in [2.75, 3.05) is 0 Å². The van der Waals surface area contributed by atoms with Crippen LogP contribution in [0.25, 0.3) is 0 Å². The van der Waals surface area contributed by atoms with Crippen molar-refractivity contribution < 1.29 is 0 Å². The summed E-state index contributed by atoms with van der Waals surface area (Å²) in [6.07, 6.45) is 2.30. The first-order chi connectivity index (χ1) is 9.25. The van der Waals surface area contributed by atoms with Crippen LogP contribution in [-0.2, 0) is 0 Å². The molecule has 0 bridgehead atoms. The molecular formula is C18H22Si. The van der Waals surface area contributed by atoms with Crippen molar-refractivity contribution >= 4 is 18.4 Å². The van der Waals surface area contributed by atoms with Crippen LogP contribution < -0.4 is 10.4 Å². The zero-order valence-electron chi connectivity index (χ0n) is 12.1. The zero-order chi connectivity index (χ0) is 13.7. The highest BCUT2D eigenvalue weighted by Gasteiger charge is 2.36. The Morgan fingerprint density at radius 1 is 0.895 bits per heavy atom. The van der Waals surface area contributed by atoms with Gasteiger partial charge in [0.15, 0.2) is 0 Å². The van der Waals surface area contributed by atoms with E-state index < -0.39 is 8.07 Å². The average Bonchev–Trinajstić information content (AvgIpc) is 2.50. The van der Waals surface area contributed by atoms with Crippen LogP contribution in [0.4, 0.5) is 0 Å². The molecule has 98 valence electrons. The maximum atomic E-state index is 2.33. The molecule has 0 saturated heterocycles. The van der Waals surface area contributed by atoms with Crippen LogP contribution in [0.1, 0.15) is 20.8 Å². The lowest BCUT2D eigenvalue weighted by Crippen LogP contribution is -2.59. The fourth-order valence-corrected chi connectivity index (χ4v) is 7.63. The predicted molar refractivity (Wildman–Crippen MR) is 87.8 cm³/mol. The molecule has 0 N–H and O–H groups in total. The van der Waals surface area contributed by atoms with E-state index in [4.69, 9.17) is 0 Å². The van der Waals surface area contributed by atoms with E-state index >= 15 is 0 Å². The number of hydrogen-bond donors (Lipinski definition) is 0. The van der Waals surface area contributed by atoms with Crippen LogP contribution in [0.2, 0.25) is 6.04 Å². The second-order valence-corrected chi connectivity index (χ2v) is 9.42. The molecule has 0 heterocycles. The highest BCUT2D eigenvalue weighted by atomic mass is 28.3. The third-order valence-corrected chi connectivity index (χ3v) is 9.50. The van der Waals surface area contributed by atoms with E-state index in [1.165, 1.54) is 16.4 Å². The Kier molecular flexibility index (Phi) is 4.38. The van der Waals surface area contributed by atoms with Crippen LogP contribution in [-0.4, -0.2) is 8.07 Å². The van der Waals surface area contributed by atoms with Gasteiger partial charge in [0.2, 0.25) is 0 Å². The summed E-state index contributed by atoms with van der Waals surface area (Å²) in [6.45, 7) is 6.80. The van der Waals surface area contributed by atoms with E-state index in [-0.39, 0.29) is 0 Å². The van der Waals surface area contributed by atoms with Gasteiger partial charge in [0.1, 0.15) is 8.07 Å². The third-order valence-electron chi connectivity index (χ3n) is 4.17. The minimum atomic E-state index is -1.76. The van der Waals surface area contributed by atoms with Crippen LogP contribution in [0.15, 0.2) is 71.9 Å². The third kappa shape index (κ3) is 2.43. The van der Waals surface area contributed by atoms with Crippen molar-refractivity contribution in [2.24, 2.45) is 0 Å². The summed E-state index contributed by atoms with van der Waals surface area (Å²) in [5.74, 6) is 0. The second kappa shape index (κ2) is 6.03. The van der Waals surface area contributed by atoms with Crippen molar-refractivity contribution in [2.45, 2.75) is 26.8 Å². The maximum Gasteiger partial charge on any atom is 0.143 e. The van der Waals surface area contributed by atoms with Gasteiger partial charge in [-0.3, -0.25) is 0 Å². The van der Waals surface area contributed by atoms with Crippen molar-refractivity contribution in [3.05, 3.63) is 71.9 Å². The molecule has 0 fully saturated rings. The molecule has 0 aliphatic carbocycles. The molecule has 0 amide bonds. The van der Waals surface area contributed by atoms with Crippen LogP contribution in [0, 0.1) is 0 Å². The van der Waals surface area contributed by atoms with Gasteiger partial charge >= 0.3 is 0 Å². The maximum absolute atomic E-state index is 2.33. The van der Waals surface area contributed by atoms with Gasteiger partial charge in [0.05, 0.1) is 0 Å². The molecule has 0 aliphatic rings. The van der Waals surface area contributed by atoms with Crippen molar-refractivity contribution in [3.8, 4) is 0 Å². The second-order valence-electron chi connectivity index (χ2n) is 4.96. The molecule has 2 aromatic carbocycles. The minimum absolute atomic E-state index is 1.21. The lowest BCUT2D eigenvalue weighted by molar-refractivity contribution is 1.36. The zero-order valence-corrected chi connectivity index (χ0v) is 13.1. The summed E-state index contributed by atoms with van der Waals surface area (Å²) < 4.78 is 0. The first kappa shape index (κ1) is 13.8. The minimum Gasteiger partial charge on any atom is -0.0919 e. The van der Waals surface area contributed by atoms with E-state index in [0.717, 1.165) is 0 Å². The summed E-state index contributed by atoms with van der Waals surface area (Å²) in [4.78, 5) is 0. The number of benzene rings is 2. The van der Waals surface area contributed by atoms with E-state index in [0.29, 0.717) is 0 Å². The SMILES string of the molecule is CC=C(C)[Si](CC)(c1ccccc1)c1ccccc1. The summed E-state index contributed by atoms with van der Waals surface area (Å²) in [6, 6.07) is 23.3. The highest BCUT2D eigenvalue weighted by molar-refractivity contribution is 7.07. The Morgan fingerprint density at radius 3 is 1.63 bits per heavy atom. The molecule has 0 saturated carbocycles. The smallest absolute Gasteiger partial charge is 0.0919 e. The lowest BCUT2D eigenvalue weighted by Gasteiger charge is -2.33. The molecule has 2 aromatic rings. The summed E-state index contributed by atoms with van der Waals surface area (Å²) >= 11 is 0. The normalized spacial score (nSPS) is 12.5. The van der Waals surface area contributed by atoms with Gasteiger partial charge < -0.3 is 0 Å². The first-order valence-electron chi connectivity index (χ1n) is 7.00. The quantitative estimate of drug-likeness (QED) is 0.739. The Hall–Kier alpha value is -1.60. The number of allylic oxidation sites excluding steroid dienone is 2. The van der Waals surface area contributed by atoms with Gasteiger partial charge in [-0.05, 0) is 30.3 Å². The summed E-state index contributed by atoms with van der Waals surface area (Å²) in [5, 5.41) is 4.58. The van der Waals surface area contributed by atoms with Crippen molar-refractivity contribution in [1.29, 1.82) is 0 Å². The van der Waals surface area contributed by atoms with E-state index in [1.807, 2.05) is 0 Å². The lowest BCUT2D eigenvalue weighted by atomic mass is 10.4. The first-order valence-corrected chi connectivity index (χ1v) is 9.21. The molecule has 0 spiro atoms. The Morgan fingerprint density at radius 2 is 1.32 bits per heavy atom. The van der Waals surface area contributed by atoms with Gasteiger partial charge in [-0.25, -0.2) is 0 Å². The molecule has 19 heavy (non-hydrogen) atoms. The van der Waals surface area contributed by atoms with Gasteiger partial charge in [-0.15, -0.1) is 0 Å². The average molecular weight is 266 g/mol. The number of hydrogen-bond acceptors (Lipinski definition) is 0. The molecular weight excluding hydrogens is 244 g/mol. The molecule has 0 nitrogen and oxygen atoms in total. The van der Waals surface area contributed by atoms with Gasteiger partial charge in [0.25, 0.3) is 0 Å².